The highest BCUT2D eigenvalue weighted by atomic mass is 32.2. The fourth-order valence-electron chi connectivity index (χ4n) is 4.24. The molecular formula is C28H34N2O4S. The lowest BCUT2D eigenvalue weighted by Gasteiger charge is -2.25. The molecule has 0 unspecified atom stereocenters. The van der Waals surface area contributed by atoms with E-state index in [0.29, 0.717) is 18.2 Å². The van der Waals surface area contributed by atoms with E-state index in [1.807, 2.05) is 24.3 Å². The van der Waals surface area contributed by atoms with Gasteiger partial charge in [-0.3, -0.25) is 9.21 Å². The maximum atomic E-state index is 13.7. The minimum absolute atomic E-state index is 0.142. The van der Waals surface area contributed by atoms with Crippen LogP contribution in [0.25, 0.3) is 0 Å². The van der Waals surface area contributed by atoms with Crippen LogP contribution >= 0.6 is 0 Å². The number of benzene rings is 3. The van der Waals surface area contributed by atoms with Crippen LogP contribution in [0.2, 0.25) is 0 Å². The highest BCUT2D eigenvalue weighted by molar-refractivity contribution is 7.92. The monoisotopic (exact) mass is 494 g/mol. The van der Waals surface area contributed by atoms with Crippen LogP contribution in [-0.4, -0.2) is 44.7 Å². The Morgan fingerprint density at radius 2 is 1.54 bits per heavy atom. The summed E-state index contributed by atoms with van der Waals surface area (Å²) < 4.78 is 34.8. The van der Waals surface area contributed by atoms with Gasteiger partial charge in [-0.25, -0.2) is 8.42 Å². The number of phenols is 1. The summed E-state index contributed by atoms with van der Waals surface area (Å²) in [6.45, 7) is 8.07. The van der Waals surface area contributed by atoms with Crippen molar-refractivity contribution in [3.05, 3.63) is 83.9 Å². The van der Waals surface area contributed by atoms with E-state index >= 15 is 0 Å². The molecule has 3 aromatic rings. The van der Waals surface area contributed by atoms with Crippen LogP contribution in [0.1, 0.15) is 43.7 Å². The van der Waals surface area contributed by atoms with Crippen molar-refractivity contribution in [3.8, 4) is 11.5 Å². The van der Waals surface area contributed by atoms with E-state index in [4.69, 9.17) is 4.74 Å². The second kappa shape index (κ2) is 11.1. The Balaban J connectivity index is 1.56. The highest BCUT2D eigenvalue weighted by Crippen LogP contribution is 2.29. The van der Waals surface area contributed by atoms with Gasteiger partial charge in [0.05, 0.1) is 17.1 Å². The summed E-state index contributed by atoms with van der Waals surface area (Å²) in [4.78, 5) is 2.64. The van der Waals surface area contributed by atoms with Crippen LogP contribution in [0.5, 0.6) is 11.5 Å². The minimum Gasteiger partial charge on any atom is -0.508 e. The van der Waals surface area contributed by atoms with Crippen molar-refractivity contribution in [2.24, 2.45) is 0 Å². The number of rotatable bonds is 10. The lowest BCUT2D eigenvalue weighted by molar-refractivity contribution is 0.238. The van der Waals surface area contributed by atoms with Crippen LogP contribution in [0.4, 0.5) is 5.69 Å². The summed E-state index contributed by atoms with van der Waals surface area (Å²) in [5.41, 5.74) is 2.42. The number of aromatic hydroxyl groups is 1. The van der Waals surface area contributed by atoms with Gasteiger partial charge in [0.2, 0.25) is 0 Å². The molecule has 1 aliphatic rings. The molecule has 7 heteroatoms. The van der Waals surface area contributed by atoms with E-state index in [1.165, 1.54) is 17.1 Å². The van der Waals surface area contributed by atoms with Crippen LogP contribution in [0.15, 0.2) is 77.7 Å². The Bertz CT molecular complexity index is 1190. The fourth-order valence-corrected chi connectivity index (χ4v) is 5.69. The summed E-state index contributed by atoms with van der Waals surface area (Å²) in [6.07, 6.45) is 2.50. The quantitative estimate of drug-likeness (QED) is 0.409. The van der Waals surface area contributed by atoms with Gasteiger partial charge in [-0.05, 0) is 91.5 Å². The first-order valence-electron chi connectivity index (χ1n) is 12.2. The average Bonchev–Trinajstić information content (AvgIpc) is 3.38. The van der Waals surface area contributed by atoms with Crippen LogP contribution in [0.3, 0.4) is 0 Å². The number of phenolic OH excluding ortho intramolecular Hbond substituents is 1. The standard InChI is InChI=1S/C28H34N2O4S/c1-22(2)24-7-15-28(16-8-24)35(32,33)30(21-23-5-11-26(31)12-6-23)25-9-13-27(14-10-25)34-20-19-29-17-3-4-18-29/h5-16,22,31H,3-4,17-21H2,1-2H3. The molecule has 1 heterocycles. The zero-order chi connectivity index (χ0) is 24.8. The molecule has 35 heavy (non-hydrogen) atoms. The van der Waals surface area contributed by atoms with Crippen molar-refractivity contribution in [3.63, 3.8) is 0 Å². The molecule has 0 radical (unpaired) electrons. The zero-order valence-corrected chi connectivity index (χ0v) is 21.2. The Morgan fingerprint density at radius 3 is 2.14 bits per heavy atom. The van der Waals surface area contributed by atoms with Crippen LogP contribution in [-0.2, 0) is 16.6 Å². The SMILES string of the molecule is CC(C)c1ccc(S(=O)(=O)N(Cc2ccc(O)cc2)c2ccc(OCCN3CCCC3)cc2)cc1. The summed E-state index contributed by atoms with van der Waals surface area (Å²) >= 11 is 0. The Hall–Kier alpha value is -3.03. The maximum Gasteiger partial charge on any atom is 0.264 e. The van der Waals surface area contributed by atoms with Gasteiger partial charge in [-0.1, -0.05) is 38.1 Å². The molecule has 1 fully saturated rings. The number of likely N-dealkylation sites (tertiary alicyclic amines) is 1. The normalized spacial score (nSPS) is 14.4. The lowest BCUT2D eigenvalue weighted by Crippen LogP contribution is -2.30. The first-order valence-corrected chi connectivity index (χ1v) is 13.6. The van der Waals surface area contributed by atoms with Gasteiger partial charge < -0.3 is 9.84 Å². The van der Waals surface area contributed by atoms with E-state index in [0.717, 1.165) is 36.5 Å². The number of ether oxygens (including phenoxy) is 1. The fraction of sp³-hybridized carbons (Fsp3) is 0.357. The summed E-state index contributed by atoms with van der Waals surface area (Å²) in [6, 6.07) is 20.9. The summed E-state index contributed by atoms with van der Waals surface area (Å²) in [7, 11) is -3.82. The lowest BCUT2D eigenvalue weighted by atomic mass is 10.0. The van der Waals surface area contributed by atoms with E-state index in [9.17, 15) is 13.5 Å². The summed E-state index contributed by atoms with van der Waals surface area (Å²) in [5.74, 6) is 1.18. The van der Waals surface area contributed by atoms with Gasteiger partial charge >= 0.3 is 0 Å². The molecule has 0 aliphatic carbocycles. The number of hydrogen-bond donors (Lipinski definition) is 1. The minimum atomic E-state index is -3.82. The number of hydrogen-bond acceptors (Lipinski definition) is 5. The largest absolute Gasteiger partial charge is 0.508 e. The maximum absolute atomic E-state index is 13.7. The van der Waals surface area contributed by atoms with Crippen LogP contribution in [0, 0.1) is 0 Å². The topological polar surface area (TPSA) is 70.1 Å². The third-order valence-electron chi connectivity index (χ3n) is 6.40. The van der Waals surface area contributed by atoms with Crippen molar-refractivity contribution in [2.75, 3.05) is 30.5 Å². The molecule has 0 aromatic heterocycles. The first kappa shape index (κ1) is 25.1. The van der Waals surface area contributed by atoms with Crippen molar-refractivity contribution in [1.29, 1.82) is 0 Å². The molecule has 3 aromatic carbocycles. The Labute approximate surface area is 208 Å². The van der Waals surface area contributed by atoms with E-state index in [2.05, 4.69) is 18.7 Å². The summed E-state index contributed by atoms with van der Waals surface area (Å²) in [5, 5.41) is 9.64. The first-order chi connectivity index (χ1) is 16.8. The third kappa shape index (κ3) is 6.35. The Kier molecular flexibility index (Phi) is 7.98. The molecule has 4 rings (SSSR count). The predicted molar refractivity (Wildman–Crippen MR) is 140 cm³/mol. The number of nitrogens with zero attached hydrogens (tertiary/aromatic N) is 2. The molecule has 0 amide bonds. The number of anilines is 1. The molecule has 1 aliphatic heterocycles. The zero-order valence-electron chi connectivity index (χ0n) is 20.4. The molecule has 0 bridgehead atoms. The molecule has 6 nitrogen and oxygen atoms in total. The van der Waals surface area contributed by atoms with E-state index < -0.39 is 10.0 Å². The third-order valence-corrected chi connectivity index (χ3v) is 8.18. The van der Waals surface area contributed by atoms with Gasteiger partial charge in [0.25, 0.3) is 10.0 Å². The van der Waals surface area contributed by atoms with E-state index in [1.54, 1.807) is 48.5 Å². The predicted octanol–water partition coefficient (Wildman–Crippen LogP) is 5.39. The molecule has 186 valence electrons. The van der Waals surface area contributed by atoms with Gasteiger partial charge in [0.15, 0.2) is 0 Å². The molecule has 0 saturated carbocycles. The second-order valence-electron chi connectivity index (χ2n) is 9.29. The van der Waals surface area contributed by atoms with Crippen molar-refractivity contribution in [2.45, 2.75) is 44.0 Å². The average molecular weight is 495 g/mol. The Morgan fingerprint density at radius 1 is 0.914 bits per heavy atom. The highest BCUT2D eigenvalue weighted by Gasteiger charge is 2.25. The molecule has 1 saturated heterocycles. The molecule has 0 atom stereocenters. The van der Waals surface area contributed by atoms with Crippen molar-refractivity contribution >= 4 is 15.7 Å². The molecule has 0 spiro atoms. The second-order valence-corrected chi connectivity index (χ2v) is 11.2. The number of sulfonamides is 1. The van der Waals surface area contributed by atoms with Gasteiger partial charge in [-0.15, -0.1) is 0 Å². The molecule has 1 N–H and O–H groups in total. The van der Waals surface area contributed by atoms with Crippen molar-refractivity contribution in [1.82, 2.24) is 4.90 Å². The van der Waals surface area contributed by atoms with Crippen LogP contribution < -0.4 is 9.04 Å². The van der Waals surface area contributed by atoms with Gasteiger partial charge in [0.1, 0.15) is 18.1 Å². The smallest absolute Gasteiger partial charge is 0.264 e. The molecular weight excluding hydrogens is 460 g/mol. The van der Waals surface area contributed by atoms with Crippen molar-refractivity contribution < 1.29 is 18.3 Å². The van der Waals surface area contributed by atoms with Gasteiger partial charge in [0, 0.05) is 6.54 Å². The van der Waals surface area contributed by atoms with E-state index in [-0.39, 0.29) is 17.2 Å². The van der Waals surface area contributed by atoms with Gasteiger partial charge in [-0.2, -0.15) is 0 Å².